The summed E-state index contributed by atoms with van der Waals surface area (Å²) in [4.78, 5) is 12.4. The van der Waals surface area contributed by atoms with Crippen LogP contribution in [0.1, 0.15) is 11.4 Å². The number of rotatable bonds is 4. The van der Waals surface area contributed by atoms with Gasteiger partial charge in [0, 0.05) is 17.1 Å². The largest absolute Gasteiger partial charge is 0.364 e. The third kappa shape index (κ3) is 2.65. The van der Waals surface area contributed by atoms with Crippen molar-refractivity contribution in [1.29, 1.82) is 0 Å². The van der Waals surface area contributed by atoms with Crippen LogP contribution in [0.3, 0.4) is 0 Å². The molecule has 0 amide bonds. The fraction of sp³-hybridized carbons (Fsp3) is 0.222. The third-order valence-corrected chi connectivity index (χ3v) is 2.55. The van der Waals surface area contributed by atoms with Crippen LogP contribution in [0.25, 0.3) is 0 Å². The van der Waals surface area contributed by atoms with Gasteiger partial charge < -0.3 is 5.32 Å². The van der Waals surface area contributed by atoms with Crippen LogP contribution < -0.4 is 16.6 Å². The highest BCUT2D eigenvalue weighted by molar-refractivity contribution is 7.07. The SMILES string of the molecule is Cc1cc(NCc2cscn2)nc(NN)n1. The number of hydrogen-bond donors (Lipinski definition) is 3. The van der Waals surface area contributed by atoms with E-state index in [1.807, 2.05) is 18.4 Å². The topological polar surface area (TPSA) is 88.8 Å². The van der Waals surface area contributed by atoms with Crippen LogP contribution in [0.2, 0.25) is 0 Å². The summed E-state index contributed by atoms with van der Waals surface area (Å²) in [6.07, 6.45) is 0. The van der Waals surface area contributed by atoms with E-state index in [-0.39, 0.29) is 0 Å². The van der Waals surface area contributed by atoms with E-state index in [4.69, 9.17) is 5.84 Å². The highest BCUT2D eigenvalue weighted by Gasteiger charge is 2.01. The van der Waals surface area contributed by atoms with Gasteiger partial charge in [-0.15, -0.1) is 11.3 Å². The first-order valence-corrected chi connectivity index (χ1v) is 5.65. The Bertz CT molecular complexity index is 455. The lowest BCUT2D eigenvalue weighted by Crippen LogP contribution is -2.12. The number of anilines is 2. The van der Waals surface area contributed by atoms with E-state index >= 15 is 0 Å². The van der Waals surface area contributed by atoms with Crippen molar-refractivity contribution in [1.82, 2.24) is 15.0 Å². The van der Waals surface area contributed by atoms with E-state index in [0.717, 1.165) is 17.2 Å². The van der Waals surface area contributed by atoms with Crippen molar-refractivity contribution in [2.75, 3.05) is 10.7 Å². The molecule has 4 N–H and O–H groups in total. The minimum absolute atomic E-state index is 0.403. The molecule has 2 rings (SSSR count). The summed E-state index contributed by atoms with van der Waals surface area (Å²) in [5, 5.41) is 5.15. The molecule has 0 aliphatic heterocycles. The normalized spacial score (nSPS) is 10.1. The molecule has 16 heavy (non-hydrogen) atoms. The zero-order valence-corrected chi connectivity index (χ0v) is 9.58. The minimum Gasteiger partial charge on any atom is -0.364 e. The van der Waals surface area contributed by atoms with Gasteiger partial charge in [-0.3, -0.25) is 5.43 Å². The molecule has 2 aromatic rings. The van der Waals surface area contributed by atoms with Crippen molar-refractivity contribution >= 4 is 23.1 Å². The van der Waals surface area contributed by atoms with Gasteiger partial charge in [0.05, 0.1) is 17.7 Å². The standard InChI is InChI=1S/C9H12N6S/c1-6-2-8(14-9(13-6)15-10)11-3-7-4-16-5-12-7/h2,4-5H,3,10H2,1H3,(H2,11,13,14,15). The second-order valence-electron chi connectivity index (χ2n) is 3.20. The van der Waals surface area contributed by atoms with Crippen molar-refractivity contribution in [3.05, 3.63) is 28.3 Å². The molecular formula is C9H12N6S. The lowest BCUT2D eigenvalue weighted by molar-refractivity contribution is 1.02. The minimum atomic E-state index is 0.403. The van der Waals surface area contributed by atoms with Gasteiger partial charge in [0.1, 0.15) is 5.82 Å². The highest BCUT2D eigenvalue weighted by Crippen LogP contribution is 2.10. The molecule has 0 aliphatic rings. The number of nitrogens with two attached hydrogens (primary N) is 1. The first-order valence-electron chi connectivity index (χ1n) is 4.71. The third-order valence-electron chi connectivity index (χ3n) is 1.92. The summed E-state index contributed by atoms with van der Waals surface area (Å²) in [6.45, 7) is 2.53. The number of hydrazine groups is 1. The number of hydrogen-bond acceptors (Lipinski definition) is 7. The molecular weight excluding hydrogens is 224 g/mol. The van der Waals surface area contributed by atoms with Crippen LogP contribution in [0.5, 0.6) is 0 Å². The van der Waals surface area contributed by atoms with Crippen molar-refractivity contribution in [3.63, 3.8) is 0 Å². The van der Waals surface area contributed by atoms with Crippen LogP contribution >= 0.6 is 11.3 Å². The summed E-state index contributed by atoms with van der Waals surface area (Å²) in [6, 6.07) is 1.85. The molecule has 0 radical (unpaired) electrons. The maximum atomic E-state index is 5.26. The van der Waals surface area contributed by atoms with Crippen molar-refractivity contribution in [2.24, 2.45) is 5.84 Å². The van der Waals surface area contributed by atoms with Gasteiger partial charge in [-0.1, -0.05) is 0 Å². The number of aromatic nitrogens is 3. The van der Waals surface area contributed by atoms with Gasteiger partial charge >= 0.3 is 0 Å². The second kappa shape index (κ2) is 4.86. The Labute approximate surface area is 96.9 Å². The monoisotopic (exact) mass is 236 g/mol. The van der Waals surface area contributed by atoms with Crippen molar-refractivity contribution < 1.29 is 0 Å². The molecule has 0 aliphatic carbocycles. The van der Waals surface area contributed by atoms with E-state index in [1.54, 1.807) is 16.8 Å². The Morgan fingerprint density at radius 2 is 2.31 bits per heavy atom. The molecule has 0 bridgehead atoms. The molecule has 2 heterocycles. The van der Waals surface area contributed by atoms with Crippen LogP contribution in [0.15, 0.2) is 17.0 Å². The maximum Gasteiger partial charge on any atom is 0.239 e. The number of aryl methyl sites for hydroxylation is 1. The lowest BCUT2D eigenvalue weighted by Gasteiger charge is -2.06. The van der Waals surface area contributed by atoms with E-state index < -0.39 is 0 Å². The van der Waals surface area contributed by atoms with E-state index in [0.29, 0.717) is 12.5 Å². The summed E-state index contributed by atoms with van der Waals surface area (Å²) < 4.78 is 0. The molecule has 0 fully saturated rings. The van der Waals surface area contributed by atoms with E-state index in [2.05, 4.69) is 25.7 Å². The quantitative estimate of drug-likeness (QED) is 0.545. The number of nitrogens with zero attached hydrogens (tertiary/aromatic N) is 3. The van der Waals surface area contributed by atoms with Crippen molar-refractivity contribution in [2.45, 2.75) is 13.5 Å². The maximum absolute atomic E-state index is 5.26. The Kier molecular flexibility index (Phi) is 3.28. The highest BCUT2D eigenvalue weighted by atomic mass is 32.1. The molecule has 0 atom stereocenters. The van der Waals surface area contributed by atoms with Crippen LogP contribution in [-0.4, -0.2) is 15.0 Å². The molecule has 0 saturated heterocycles. The van der Waals surface area contributed by atoms with Crippen LogP contribution in [0.4, 0.5) is 11.8 Å². The van der Waals surface area contributed by atoms with Gasteiger partial charge in [0.2, 0.25) is 5.95 Å². The number of nitrogen functional groups attached to an aromatic ring is 1. The van der Waals surface area contributed by atoms with Gasteiger partial charge in [0.15, 0.2) is 0 Å². The van der Waals surface area contributed by atoms with Gasteiger partial charge in [-0.05, 0) is 6.92 Å². The molecule has 0 spiro atoms. The average Bonchev–Trinajstić information content (AvgIpc) is 2.78. The smallest absolute Gasteiger partial charge is 0.239 e. The molecule has 0 saturated carbocycles. The fourth-order valence-corrected chi connectivity index (χ4v) is 1.79. The Morgan fingerprint density at radius 1 is 1.44 bits per heavy atom. The lowest BCUT2D eigenvalue weighted by atomic mass is 10.4. The molecule has 0 aromatic carbocycles. The fourth-order valence-electron chi connectivity index (χ4n) is 1.23. The van der Waals surface area contributed by atoms with E-state index in [9.17, 15) is 0 Å². The Hall–Kier alpha value is -1.73. The molecule has 6 nitrogen and oxygen atoms in total. The molecule has 7 heteroatoms. The number of nitrogens with one attached hydrogen (secondary N) is 2. The number of thiazole rings is 1. The first-order chi connectivity index (χ1) is 7.78. The Morgan fingerprint density at radius 3 is 3.00 bits per heavy atom. The predicted octanol–water partition coefficient (Wildman–Crippen LogP) is 1.14. The molecule has 0 unspecified atom stereocenters. The van der Waals surface area contributed by atoms with Gasteiger partial charge in [-0.2, -0.15) is 4.98 Å². The summed E-state index contributed by atoms with van der Waals surface area (Å²) in [5.41, 5.74) is 6.07. The van der Waals surface area contributed by atoms with Crippen molar-refractivity contribution in [3.8, 4) is 0 Å². The van der Waals surface area contributed by atoms with Crippen LogP contribution in [0, 0.1) is 6.92 Å². The zero-order valence-electron chi connectivity index (χ0n) is 8.77. The molecule has 2 aromatic heterocycles. The summed E-state index contributed by atoms with van der Waals surface area (Å²) in [5.74, 6) is 6.40. The first kappa shape index (κ1) is 10.8. The predicted molar refractivity (Wildman–Crippen MR) is 64.0 cm³/mol. The second-order valence-corrected chi connectivity index (χ2v) is 3.91. The average molecular weight is 236 g/mol. The van der Waals surface area contributed by atoms with Crippen LogP contribution in [-0.2, 0) is 6.54 Å². The summed E-state index contributed by atoms with van der Waals surface area (Å²) >= 11 is 1.57. The van der Waals surface area contributed by atoms with E-state index in [1.165, 1.54) is 0 Å². The molecule has 84 valence electrons. The summed E-state index contributed by atoms with van der Waals surface area (Å²) in [7, 11) is 0. The van der Waals surface area contributed by atoms with Gasteiger partial charge in [0.25, 0.3) is 0 Å². The van der Waals surface area contributed by atoms with Gasteiger partial charge in [-0.25, -0.2) is 15.8 Å². The Balaban J connectivity index is 2.06. The zero-order chi connectivity index (χ0) is 11.4.